The molecule has 1 aromatic carbocycles. The maximum Gasteiger partial charge on any atom is 0.352 e. The highest BCUT2D eigenvalue weighted by Crippen LogP contribution is 2.37. The molecule has 0 radical (unpaired) electrons. The molecule has 0 fully saturated rings. The Labute approximate surface area is 142 Å². The van der Waals surface area contributed by atoms with Crippen molar-refractivity contribution >= 4 is 5.65 Å². The van der Waals surface area contributed by atoms with Gasteiger partial charge >= 0.3 is 5.69 Å². The van der Waals surface area contributed by atoms with Gasteiger partial charge in [-0.05, 0) is 24.6 Å². The number of hydrogen-bond acceptors (Lipinski definition) is 4. The van der Waals surface area contributed by atoms with Crippen molar-refractivity contribution in [2.45, 2.75) is 19.8 Å². The Kier molecular flexibility index (Phi) is 4.17. The maximum atomic E-state index is 14.0. The minimum atomic E-state index is -3.58. The average molecular weight is 374 g/mol. The van der Waals surface area contributed by atoms with Gasteiger partial charge in [-0.25, -0.2) is 18.0 Å². The van der Waals surface area contributed by atoms with Crippen molar-refractivity contribution in [3.05, 3.63) is 45.8 Å². The molecule has 0 amide bonds. The largest absolute Gasteiger partial charge is 0.465 e. The fraction of sp³-hybridized carbons (Fsp3) is 0.267. The van der Waals surface area contributed by atoms with Gasteiger partial charge in [0.1, 0.15) is 5.69 Å². The molecule has 2 heterocycles. The van der Waals surface area contributed by atoms with Gasteiger partial charge in [0.15, 0.2) is 23.1 Å². The zero-order chi connectivity index (χ0) is 19.2. The molecule has 0 atom stereocenters. The number of aromatic nitrogens is 4. The highest BCUT2D eigenvalue weighted by Gasteiger charge is 2.35. The molecule has 0 bridgehead atoms. The number of halogens is 5. The van der Waals surface area contributed by atoms with Crippen LogP contribution in [0.25, 0.3) is 16.8 Å². The predicted octanol–water partition coefficient (Wildman–Crippen LogP) is 3.01. The number of alkyl halides is 2. The normalized spacial score (nSPS) is 12.0. The quantitative estimate of drug-likeness (QED) is 0.563. The number of ether oxygens (including phenoxy) is 1. The van der Waals surface area contributed by atoms with E-state index >= 15 is 0 Å². The molecule has 0 unspecified atom stereocenters. The molecular weight excluding hydrogens is 363 g/mol. The summed E-state index contributed by atoms with van der Waals surface area (Å²) in [4.78, 5) is 18.1. The first-order valence-electron chi connectivity index (χ1n) is 7.32. The third-order valence-electron chi connectivity index (χ3n) is 3.44. The van der Waals surface area contributed by atoms with E-state index in [9.17, 15) is 26.7 Å². The maximum absolute atomic E-state index is 14.0. The van der Waals surface area contributed by atoms with Crippen molar-refractivity contribution in [2.75, 3.05) is 6.61 Å². The van der Waals surface area contributed by atoms with Crippen LogP contribution in [0.4, 0.5) is 22.0 Å². The Hall–Kier alpha value is -2.98. The van der Waals surface area contributed by atoms with Crippen LogP contribution in [0, 0.1) is 17.5 Å². The molecule has 138 valence electrons. The number of fused-ring (bicyclic) bond motifs is 1. The molecule has 0 aliphatic rings. The molecule has 0 aliphatic heterocycles. The van der Waals surface area contributed by atoms with Crippen LogP contribution < -0.4 is 10.4 Å². The summed E-state index contributed by atoms with van der Waals surface area (Å²) in [5.41, 5.74) is -3.28. The molecule has 0 saturated carbocycles. The van der Waals surface area contributed by atoms with Crippen LogP contribution in [0.15, 0.2) is 16.9 Å². The Morgan fingerprint density at radius 2 is 1.85 bits per heavy atom. The second-order valence-electron chi connectivity index (χ2n) is 5.38. The fourth-order valence-corrected chi connectivity index (χ4v) is 2.40. The third-order valence-corrected chi connectivity index (χ3v) is 3.44. The number of hydrogen-bond donors (Lipinski definition) is 1. The number of rotatable bonds is 4. The SMILES string of the molecule is CCOc1nc2c(-c3cc(F)c(F)c(F)c3)c(C(C)(F)F)nn2c(=O)[nH]1. The molecule has 26 heavy (non-hydrogen) atoms. The van der Waals surface area contributed by atoms with Crippen molar-refractivity contribution < 1.29 is 26.7 Å². The van der Waals surface area contributed by atoms with E-state index in [1.54, 1.807) is 6.92 Å². The van der Waals surface area contributed by atoms with Crippen molar-refractivity contribution in [1.82, 2.24) is 19.6 Å². The van der Waals surface area contributed by atoms with Crippen LogP contribution in [0.2, 0.25) is 0 Å². The van der Waals surface area contributed by atoms with Crippen LogP contribution in [0.5, 0.6) is 6.01 Å². The smallest absolute Gasteiger partial charge is 0.352 e. The van der Waals surface area contributed by atoms with Crippen molar-refractivity contribution in [3.8, 4) is 17.1 Å². The van der Waals surface area contributed by atoms with Crippen molar-refractivity contribution in [3.63, 3.8) is 0 Å². The van der Waals surface area contributed by atoms with Crippen LogP contribution in [-0.2, 0) is 5.92 Å². The van der Waals surface area contributed by atoms with E-state index in [1.807, 2.05) is 0 Å². The summed E-state index contributed by atoms with van der Waals surface area (Å²) in [7, 11) is 0. The molecule has 2 aromatic heterocycles. The minimum absolute atomic E-state index is 0.110. The summed E-state index contributed by atoms with van der Waals surface area (Å²) < 4.78 is 74.0. The molecule has 0 saturated heterocycles. The minimum Gasteiger partial charge on any atom is -0.465 e. The topological polar surface area (TPSA) is 72.3 Å². The van der Waals surface area contributed by atoms with Gasteiger partial charge in [0, 0.05) is 6.92 Å². The van der Waals surface area contributed by atoms with E-state index in [0.29, 0.717) is 23.6 Å². The summed E-state index contributed by atoms with van der Waals surface area (Å²) >= 11 is 0. The van der Waals surface area contributed by atoms with Gasteiger partial charge in [0.2, 0.25) is 0 Å². The summed E-state index contributed by atoms with van der Waals surface area (Å²) in [6.07, 6.45) is 0. The van der Waals surface area contributed by atoms with Crippen LogP contribution in [0.3, 0.4) is 0 Å². The number of nitrogens with one attached hydrogen (secondary N) is 1. The molecule has 6 nitrogen and oxygen atoms in total. The Bertz CT molecular complexity index is 1030. The number of nitrogens with zero attached hydrogens (tertiary/aromatic N) is 3. The Morgan fingerprint density at radius 3 is 2.38 bits per heavy atom. The van der Waals surface area contributed by atoms with E-state index in [2.05, 4.69) is 15.1 Å². The van der Waals surface area contributed by atoms with Gasteiger partial charge in [-0.15, -0.1) is 0 Å². The number of H-pyrrole nitrogens is 1. The summed E-state index contributed by atoms with van der Waals surface area (Å²) in [6, 6.07) is 0.752. The van der Waals surface area contributed by atoms with E-state index < -0.39 is 51.5 Å². The number of aromatic amines is 1. The Balaban J connectivity index is 2.43. The molecule has 11 heteroatoms. The molecule has 0 spiro atoms. The van der Waals surface area contributed by atoms with Gasteiger partial charge in [-0.1, -0.05) is 0 Å². The second-order valence-corrected chi connectivity index (χ2v) is 5.38. The monoisotopic (exact) mass is 374 g/mol. The average Bonchev–Trinajstić information content (AvgIpc) is 2.92. The zero-order valence-electron chi connectivity index (χ0n) is 13.4. The highest BCUT2D eigenvalue weighted by atomic mass is 19.3. The standard InChI is InChI=1S/C15H11F5N4O2/c1-3-26-13-21-12-9(6-4-7(16)10(18)8(17)5-6)11(15(2,19)20)23-24(12)14(25)22-13/h4-5H,3H2,1-2H3,(H,21,22,25). The first kappa shape index (κ1) is 17.8. The van der Waals surface area contributed by atoms with Crippen LogP contribution in [-0.4, -0.2) is 26.2 Å². The van der Waals surface area contributed by atoms with Gasteiger partial charge in [0.25, 0.3) is 11.9 Å². The summed E-state index contributed by atoms with van der Waals surface area (Å²) in [5, 5.41) is 3.51. The van der Waals surface area contributed by atoms with Gasteiger partial charge in [-0.2, -0.15) is 23.4 Å². The third kappa shape index (κ3) is 2.89. The highest BCUT2D eigenvalue weighted by molar-refractivity contribution is 5.80. The predicted molar refractivity (Wildman–Crippen MR) is 79.7 cm³/mol. The second kappa shape index (κ2) is 6.07. The fourth-order valence-electron chi connectivity index (χ4n) is 2.40. The summed E-state index contributed by atoms with van der Waals surface area (Å²) in [5.74, 6) is -8.50. The molecule has 3 rings (SSSR count). The lowest BCUT2D eigenvalue weighted by molar-refractivity contribution is 0.0130. The summed E-state index contributed by atoms with van der Waals surface area (Å²) in [6.45, 7) is 2.20. The zero-order valence-corrected chi connectivity index (χ0v) is 13.4. The van der Waals surface area contributed by atoms with E-state index in [4.69, 9.17) is 4.74 Å². The van der Waals surface area contributed by atoms with E-state index in [1.165, 1.54) is 0 Å². The van der Waals surface area contributed by atoms with Gasteiger partial charge < -0.3 is 4.74 Å². The first-order valence-corrected chi connectivity index (χ1v) is 7.32. The lowest BCUT2D eigenvalue weighted by atomic mass is 10.0. The van der Waals surface area contributed by atoms with E-state index in [-0.39, 0.29) is 12.6 Å². The van der Waals surface area contributed by atoms with Crippen molar-refractivity contribution in [1.29, 1.82) is 0 Å². The van der Waals surface area contributed by atoms with Crippen LogP contribution in [0.1, 0.15) is 19.5 Å². The first-order chi connectivity index (χ1) is 12.1. The molecular formula is C15H11F5N4O2. The lowest BCUT2D eigenvalue weighted by Gasteiger charge is -2.10. The Morgan fingerprint density at radius 1 is 1.23 bits per heavy atom. The molecule has 3 aromatic rings. The van der Waals surface area contributed by atoms with Crippen LogP contribution >= 0.6 is 0 Å². The molecule has 1 N–H and O–H groups in total. The van der Waals surface area contributed by atoms with Gasteiger partial charge in [0.05, 0.1) is 12.2 Å². The lowest BCUT2D eigenvalue weighted by Crippen LogP contribution is -2.20. The number of benzene rings is 1. The van der Waals surface area contributed by atoms with E-state index in [0.717, 1.165) is 0 Å². The van der Waals surface area contributed by atoms with Gasteiger partial charge in [-0.3, -0.25) is 4.98 Å². The van der Waals surface area contributed by atoms with Crippen molar-refractivity contribution in [2.24, 2.45) is 0 Å². The molecule has 0 aliphatic carbocycles.